The van der Waals surface area contributed by atoms with Crippen LogP contribution < -0.4 is 10.5 Å². The van der Waals surface area contributed by atoms with Crippen LogP contribution in [0.2, 0.25) is 0 Å². The molecule has 0 amide bonds. The lowest BCUT2D eigenvalue weighted by Gasteiger charge is -2.28. The van der Waals surface area contributed by atoms with Crippen LogP contribution in [0.1, 0.15) is 0 Å². The van der Waals surface area contributed by atoms with Crippen LogP contribution >= 0.6 is 11.8 Å². The second-order valence-electron chi connectivity index (χ2n) is 4.42. The highest BCUT2D eigenvalue weighted by Crippen LogP contribution is 2.19. The molecule has 3 N–H and O–H groups in total. The van der Waals surface area contributed by atoms with Gasteiger partial charge in [0, 0.05) is 31.1 Å². The summed E-state index contributed by atoms with van der Waals surface area (Å²) in [5, 5.41) is 9.94. The lowest BCUT2D eigenvalue weighted by atomic mass is 10.3. The van der Waals surface area contributed by atoms with Gasteiger partial charge in [0.05, 0.1) is 5.69 Å². The van der Waals surface area contributed by atoms with Crippen molar-refractivity contribution in [3.63, 3.8) is 0 Å². The van der Waals surface area contributed by atoms with Crippen LogP contribution in [0.5, 0.6) is 5.75 Å². The minimum Gasteiger partial charge on any atom is -0.489 e. The summed E-state index contributed by atoms with van der Waals surface area (Å²) in [5.41, 5.74) is 6.38. The Morgan fingerprint density at radius 3 is 2.78 bits per heavy atom. The van der Waals surface area contributed by atoms with Gasteiger partial charge in [-0.25, -0.2) is 0 Å². The SMILES string of the molecule is Nc1ccccc1OCC(O)CN1CCSCC1. The van der Waals surface area contributed by atoms with Crippen molar-refractivity contribution in [1.29, 1.82) is 0 Å². The highest BCUT2D eigenvalue weighted by Gasteiger charge is 2.15. The van der Waals surface area contributed by atoms with Crippen LogP contribution in [0.3, 0.4) is 0 Å². The first-order valence-corrected chi connectivity index (χ1v) is 7.36. The van der Waals surface area contributed by atoms with Crippen LogP contribution in [0.15, 0.2) is 24.3 Å². The molecule has 1 saturated heterocycles. The van der Waals surface area contributed by atoms with Crippen molar-refractivity contribution in [2.75, 3.05) is 43.5 Å². The Kier molecular flexibility index (Phi) is 5.16. The Morgan fingerprint density at radius 2 is 2.06 bits per heavy atom. The van der Waals surface area contributed by atoms with Gasteiger partial charge in [0.15, 0.2) is 0 Å². The summed E-state index contributed by atoms with van der Waals surface area (Å²) >= 11 is 1.97. The first kappa shape index (κ1) is 13.5. The molecule has 1 aliphatic rings. The number of aliphatic hydroxyl groups excluding tert-OH is 1. The van der Waals surface area contributed by atoms with E-state index in [1.807, 2.05) is 30.0 Å². The van der Waals surface area contributed by atoms with Gasteiger partial charge in [-0.05, 0) is 12.1 Å². The number of ether oxygens (including phenoxy) is 1. The van der Waals surface area contributed by atoms with Crippen molar-refractivity contribution in [2.24, 2.45) is 0 Å². The zero-order valence-corrected chi connectivity index (χ0v) is 11.2. The van der Waals surface area contributed by atoms with Crippen molar-refractivity contribution < 1.29 is 9.84 Å². The predicted octanol–water partition coefficient (Wildman–Crippen LogP) is 1.06. The average molecular weight is 268 g/mol. The van der Waals surface area contributed by atoms with E-state index in [1.165, 1.54) is 0 Å². The Morgan fingerprint density at radius 1 is 1.33 bits per heavy atom. The number of hydrogen-bond donors (Lipinski definition) is 2. The van der Waals surface area contributed by atoms with E-state index in [2.05, 4.69) is 4.90 Å². The van der Waals surface area contributed by atoms with Crippen LogP contribution in [0, 0.1) is 0 Å². The number of hydrogen-bond acceptors (Lipinski definition) is 5. The van der Waals surface area contributed by atoms with Gasteiger partial charge in [-0.2, -0.15) is 11.8 Å². The molecule has 0 aliphatic carbocycles. The molecule has 100 valence electrons. The molecule has 1 aromatic rings. The van der Waals surface area contributed by atoms with E-state index in [0.717, 1.165) is 24.6 Å². The van der Waals surface area contributed by atoms with Gasteiger partial charge in [0.1, 0.15) is 18.5 Å². The zero-order chi connectivity index (χ0) is 12.8. The number of nitrogen functional groups attached to an aromatic ring is 1. The average Bonchev–Trinajstić information content (AvgIpc) is 2.39. The van der Waals surface area contributed by atoms with E-state index in [0.29, 0.717) is 18.0 Å². The second kappa shape index (κ2) is 6.87. The summed E-state index contributed by atoms with van der Waals surface area (Å²) in [6, 6.07) is 7.35. The molecule has 18 heavy (non-hydrogen) atoms. The third-order valence-electron chi connectivity index (χ3n) is 2.92. The number of β-amino-alcohol motifs (C(OH)–C–C–N with tert-alkyl or cyclic N) is 1. The molecule has 0 radical (unpaired) electrons. The smallest absolute Gasteiger partial charge is 0.142 e. The lowest BCUT2D eigenvalue weighted by Crippen LogP contribution is -2.40. The summed E-state index contributed by atoms with van der Waals surface area (Å²) in [7, 11) is 0. The van der Waals surface area contributed by atoms with Gasteiger partial charge in [-0.15, -0.1) is 0 Å². The second-order valence-corrected chi connectivity index (χ2v) is 5.64. The van der Waals surface area contributed by atoms with Gasteiger partial charge in [0.25, 0.3) is 0 Å². The number of nitrogens with two attached hydrogens (primary N) is 1. The first-order valence-electron chi connectivity index (χ1n) is 6.21. The molecule has 0 aromatic heterocycles. The van der Waals surface area contributed by atoms with Crippen LogP contribution in [0.25, 0.3) is 0 Å². The van der Waals surface area contributed by atoms with Crippen molar-refractivity contribution in [1.82, 2.24) is 4.90 Å². The van der Waals surface area contributed by atoms with Gasteiger partial charge in [-0.1, -0.05) is 12.1 Å². The molecule has 0 saturated carbocycles. The number of thioether (sulfide) groups is 1. The third kappa shape index (κ3) is 4.08. The Bertz CT molecular complexity index is 370. The molecule has 1 atom stereocenters. The summed E-state index contributed by atoms with van der Waals surface area (Å²) < 4.78 is 5.53. The minimum absolute atomic E-state index is 0.290. The van der Waals surface area contributed by atoms with Crippen LogP contribution in [-0.4, -0.2) is 53.9 Å². The molecule has 1 aliphatic heterocycles. The number of benzene rings is 1. The Labute approximate surface area is 112 Å². The van der Waals surface area contributed by atoms with Gasteiger partial charge in [-0.3, -0.25) is 4.90 Å². The molecular weight excluding hydrogens is 248 g/mol. The fourth-order valence-electron chi connectivity index (χ4n) is 1.93. The topological polar surface area (TPSA) is 58.7 Å². The number of aliphatic hydroxyl groups is 1. The fourth-order valence-corrected chi connectivity index (χ4v) is 2.91. The van der Waals surface area contributed by atoms with Crippen LogP contribution in [0.4, 0.5) is 5.69 Å². The maximum atomic E-state index is 9.94. The number of para-hydroxylation sites is 2. The maximum absolute atomic E-state index is 9.94. The Hall–Kier alpha value is -0.910. The van der Waals surface area contributed by atoms with Gasteiger partial charge >= 0.3 is 0 Å². The van der Waals surface area contributed by atoms with Crippen molar-refractivity contribution in [3.05, 3.63) is 24.3 Å². The molecule has 0 spiro atoms. The monoisotopic (exact) mass is 268 g/mol. The zero-order valence-electron chi connectivity index (χ0n) is 10.4. The largest absolute Gasteiger partial charge is 0.489 e. The molecule has 2 rings (SSSR count). The summed E-state index contributed by atoms with van der Waals surface area (Å²) in [6.07, 6.45) is -0.465. The molecule has 4 nitrogen and oxygen atoms in total. The lowest BCUT2D eigenvalue weighted by molar-refractivity contribution is 0.0718. The fraction of sp³-hybridized carbons (Fsp3) is 0.538. The molecule has 1 unspecified atom stereocenters. The first-order chi connectivity index (χ1) is 8.75. The summed E-state index contributed by atoms with van der Waals surface area (Å²) in [4.78, 5) is 2.28. The molecule has 1 aromatic carbocycles. The van der Waals surface area contributed by atoms with E-state index >= 15 is 0 Å². The van der Waals surface area contributed by atoms with Crippen molar-refractivity contribution >= 4 is 17.4 Å². The van der Waals surface area contributed by atoms with E-state index in [9.17, 15) is 5.11 Å². The van der Waals surface area contributed by atoms with Gasteiger partial charge in [0.2, 0.25) is 0 Å². The predicted molar refractivity (Wildman–Crippen MR) is 76.1 cm³/mol. The van der Waals surface area contributed by atoms with Crippen molar-refractivity contribution in [3.8, 4) is 5.75 Å². The molecule has 5 heteroatoms. The summed E-state index contributed by atoms with van der Waals surface area (Å²) in [6.45, 7) is 3.07. The van der Waals surface area contributed by atoms with Crippen molar-refractivity contribution in [2.45, 2.75) is 6.10 Å². The van der Waals surface area contributed by atoms with E-state index < -0.39 is 6.10 Å². The molecule has 1 heterocycles. The molecule has 1 fully saturated rings. The maximum Gasteiger partial charge on any atom is 0.142 e. The normalized spacial score (nSPS) is 18.5. The van der Waals surface area contributed by atoms with E-state index in [-0.39, 0.29) is 6.61 Å². The highest BCUT2D eigenvalue weighted by atomic mass is 32.2. The van der Waals surface area contributed by atoms with Gasteiger partial charge < -0.3 is 15.6 Å². The van der Waals surface area contributed by atoms with E-state index in [1.54, 1.807) is 6.07 Å². The molecular formula is C13H20N2O2S. The number of rotatable bonds is 5. The van der Waals surface area contributed by atoms with Crippen LogP contribution in [-0.2, 0) is 0 Å². The number of anilines is 1. The quantitative estimate of drug-likeness (QED) is 0.782. The highest BCUT2D eigenvalue weighted by molar-refractivity contribution is 7.99. The minimum atomic E-state index is -0.465. The standard InChI is InChI=1S/C13H20N2O2S/c14-12-3-1-2-4-13(12)17-10-11(16)9-15-5-7-18-8-6-15/h1-4,11,16H,5-10,14H2. The summed E-state index contributed by atoms with van der Waals surface area (Å²) in [5.74, 6) is 2.95. The Balaban J connectivity index is 1.74. The van der Waals surface area contributed by atoms with E-state index in [4.69, 9.17) is 10.5 Å². The third-order valence-corrected chi connectivity index (χ3v) is 3.87. The number of nitrogens with zero attached hydrogens (tertiary/aromatic N) is 1. The molecule has 0 bridgehead atoms.